The average Bonchev–Trinajstić information content (AvgIpc) is 3.29. The van der Waals surface area contributed by atoms with Gasteiger partial charge in [0.05, 0.1) is 0 Å². The number of nitrogens with zero attached hydrogens (tertiary/aromatic N) is 2. The first-order valence-corrected chi connectivity index (χ1v) is 15.6. The van der Waals surface area contributed by atoms with E-state index in [9.17, 15) is 0 Å². The van der Waals surface area contributed by atoms with Gasteiger partial charge in [-0.3, -0.25) is 0 Å². The molecular weight excluding hydrogens is 424 g/mol. The molecule has 35 heavy (non-hydrogen) atoms. The second-order valence-corrected chi connectivity index (χ2v) is 10.9. The Morgan fingerprint density at radius 1 is 0.514 bits per heavy atom. The maximum Gasteiger partial charge on any atom is 0.105 e. The summed E-state index contributed by atoms with van der Waals surface area (Å²) in [4.78, 5) is 5.11. The Balaban J connectivity index is 1.49. The second kappa shape index (κ2) is 20.7. The highest BCUT2D eigenvalue weighted by Crippen LogP contribution is 2.28. The third-order valence-corrected chi connectivity index (χ3v) is 7.76. The van der Waals surface area contributed by atoms with Gasteiger partial charge >= 0.3 is 0 Å². The van der Waals surface area contributed by atoms with Crippen LogP contribution >= 0.6 is 0 Å². The topological polar surface area (TPSA) is 6.48 Å². The van der Waals surface area contributed by atoms with Crippen molar-refractivity contribution >= 4 is 5.69 Å². The number of hydrogen-bond acceptors (Lipinski definition) is 2. The highest BCUT2D eigenvalue weighted by molar-refractivity contribution is 5.51. The van der Waals surface area contributed by atoms with Crippen molar-refractivity contribution in [1.82, 2.24) is 4.90 Å². The molecule has 1 aliphatic heterocycles. The molecule has 1 aromatic rings. The predicted molar refractivity (Wildman–Crippen MR) is 157 cm³/mol. The van der Waals surface area contributed by atoms with Gasteiger partial charge < -0.3 is 9.80 Å². The molecule has 0 radical (unpaired) electrons. The molecule has 0 aliphatic carbocycles. The number of unbranched alkanes of at least 4 members (excludes halogenated alkanes) is 18. The third-order valence-electron chi connectivity index (χ3n) is 7.76. The maximum atomic E-state index is 2.61. The summed E-state index contributed by atoms with van der Waals surface area (Å²) in [6.07, 6.45) is 34.8. The fourth-order valence-corrected chi connectivity index (χ4v) is 5.50. The first-order valence-electron chi connectivity index (χ1n) is 15.6. The van der Waals surface area contributed by atoms with E-state index in [4.69, 9.17) is 0 Å². The molecule has 2 rings (SSSR count). The smallest absolute Gasteiger partial charge is 0.105 e. The Morgan fingerprint density at radius 3 is 1.49 bits per heavy atom. The highest BCUT2D eigenvalue weighted by atomic mass is 15.4. The van der Waals surface area contributed by atoms with Crippen LogP contribution in [0.15, 0.2) is 42.7 Å². The number of anilines is 1. The molecule has 1 atom stereocenters. The second-order valence-electron chi connectivity index (χ2n) is 10.9. The quantitative estimate of drug-likeness (QED) is 0.143. The predicted octanol–water partition coefficient (Wildman–Crippen LogP) is 10.8. The number of para-hydroxylation sites is 1. The van der Waals surface area contributed by atoms with E-state index in [0.29, 0.717) is 6.17 Å². The Labute approximate surface area is 219 Å². The molecule has 0 aromatic heterocycles. The van der Waals surface area contributed by atoms with Crippen LogP contribution in [0.4, 0.5) is 5.69 Å². The van der Waals surface area contributed by atoms with Crippen molar-refractivity contribution in [3.8, 4) is 0 Å². The van der Waals surface area contributed by atoms with Crippen molar-refractivity contribution < 1.29 is 0 Å². The van der Waals surface area contributed by atoms with Crippen LogP contribution in [0.1, 0.15) is 149 Å². The summed E-state index contributed by atoms with van der Waals surface area (Å²) >= 11 is 0. The van der Waals surface area contributed by atoms with Crippen LogP contribution in [-0.4, -0.2) is 17.6 Å². The summed E-state index contributed by atoms with van der Waals surface area (Å²) in [5.41, 5.74) is 1.33. The zero-order valence-electron chi connectivity index (χ0n) is 23.6. The summed E-state index contributed by atoms with van der Waals surface area (Å²) < 4.78 is 0. The Hall–Kier alpha value is -1.44. The summed E-state index contributed by atoms with van der Waals surface area (Å²) in [7, 11) is 0. The molecule has 0 spiro atoms. The summed E-state index contributed by atoms with van der Waals surface area (Å²) in [6.45, 7) is 5.81. The lowest BCUT2D eigenvalue weighted by molar-refractivity contribution is 0.273. The molecule has 1 unspecified atom stereocenters. The van der Waals surface area contributed by atoms with Crippen LogP contribution in [0.3, 0.4) is 0 Å². The van der Waals surface area contributed by atoms with Gasteiger partial charge in [-0.2, -0.15) is 0 Å². The van der Waals surface area contributed by atoms with Gasteiger partial charge in [0.2, 0.25) is 0 Å². The van der Waals surface area contributed by atoms with E-state index >= 15 is 0 Å². The largest absolute Gasteiger partial charge is 0.356 e. The van der Waals surface area contributed by atoms with Crippen molar-refractivity contribution in [2.75, 3.05) is 11.4 Å². The normalized spacial score (nSPS) is 15.4. The molecule has 0 saturated heterocycles. The van der Waals surface area contributed by atoms with Crippen LogP contribution in [0.5, 0.6) is 0 Å². The number of benzene rings is 1. The minimum atomic E-state index is 0.505. The van der Waals surface area contributed by atoms with E-state index in [0.717, 1.165) is 0 Å². The van der Waals surface area contributed by atoms with Crippen molar-refractivity contribution in [3.63, 3.8) is 0 Å². The first kappa shape index (κ1) is 29.8. The number of hydrogen-bond donors (Lipinski definition) is 0. The Morgan fingerprint density at radius 2 is 0.971 bits per heavy atom. The van der Waals surface area contributed by atoms with Gasteiger partial charge in [0.1, 0.15) is 6.17 Å². The minimum Gasteiger partial charge on any atom is -0.356 e. The molecule has 1 aliphatic rings. The molecule has 0 bridgehead atoms. The van der Waals surface area contributed by atoms with Crippen LogP contribution in [0.2, 0.25) is 0 Å². The van der Waals surface area contributed by atoms with E-state index in [2.05, 4.69) is 66.4 Å². The standard InChI is InChI=1S/C33H58N2/c1-3-5-7-9-10-11-12-13-14-15-16-17-18-19-20-25-29-34-30-31-35(32-26-22-21-23-27-32)33(34)28-24-8-6-4-2/h21-23,26-27,30-31,33H,3-20,24-25,28-29H2,1-2H3. The van der Waals surface area contributed by atoms with E-state index in [1.165, 1.54) is 147 Å². The fourth-order valence-electron chi connectivity index (χ4n) is 5.50. The van der Waals surface area contributed by atoms with Gasteiger partial charge in [0.15, 0.2) is 0 Å². The zero-order chi connectivity index (χ0) is 24.8. The lowest BCUT2D eigenvalue weighted by atomic mass is 10.0. The molecule has 0 fully saturated rings. The van der Waals surface area contributed by atoms with Gasteiger partial charge in [0.25, 0.3) is 0 Å². The average molecular weight is 483 g/mol. The molecule has 200 valence electrons. The lowest BCUT2D eigenvalue weighted by Gasteiger charge is -2.33. The maximum absolute atomic E-state index is 2.61. The van der Waals surface area contributed by atoms with Crippen LogP contribution < -0.4 is 4.90 Å². The fraction of sp³-hybridized carbons (Fsp3) is 0.758. The van der Waals surface area contributed by atoms with Gasteiger partial charge in [0, 0.05) is 24.6 Å². The van der Waals surface area contributed by atoms with Crippen molar-refractivity contribution in [3.05, 3.63) is 42.7 Å². The Bertz CT molecular complexity index is 611. The van der Waals surface area contributed by atoms with E-state index < -0.39 is 0 Å². The molecule has 1 heterocycles. The summed E-state index contributed by atoms with van der Waals surface area (Å²) in [6, 6.07) is 10.9. The molecule has 2 heteroatoms. The lowest BCUT2D eigenvalue weighted by Crippen LogP contribution is -2.39. The van der Waals surface area contributed by atoms with Gasteiger partial charge in [-0.05, 0) is 31.4 Å². The molecule has 2 nitrogen and oxygen atoms in total. The van der Waals surface area contributed by atoms with Crippen molar-refractivity contribution in [2.24, 2.45) is 0 Å². The molecule has 1 aromatic carbocycles. The molecular formula is C33H58N2. The first-order chi connectivity index (χ1) is 17.4. The highest BCUT2D eigenvalue weighted by Gasteiger charge is 2.26. The van der Waals surface area contributed by atoms with Gasteiger partial charge in [-0.1, -0.05) is 148 Å². The summed E-state index contributed by atoms with van der Waals surface area (Å²) in [5, 5.41) is 0. The molecule has 0 N–H and O–H groups in total. The zero-order valence-corrected chi connectivity index (χ0v) is 23.6. The number of rotatable bonds is 23. The van der Waals surface area contributed by atoms with Crippen LogP contribution in [0, 0.1) is 0 Å². The molecule has 0 saturated carbocycles. The monoisotopic (exact) mass is 482 g/mol. The van der Waals surface area contributed by atoms with Gasteiger partial charge in [-0.25, -0.2) is 0 Å². The Kier molecular flexibility index (Phi) is 17.6. The van der Waals surface area contributed by atoms with E-state index in [1.807, 2.05) is 0 Å². The minimum absolute atomic E-state index is 0.505. The van der Waals surface area contributed by atoms with Gasteiger partial charge in [-0.15, -0.1) is 0 Å². The SMILES string of the molecule is CCCCCCCCCCCCCCCCCCN1C=CN(c2ccccc2)C1CCCCCC. The van der Waals surface area contributed by atoms with E-state index in [1.54, 1.807) is 0 Å². The van der Waals surface area contributed by atoms with Crippen molar-refractivity contribution in [1.29, 1.82) is 0 Å². The van der Waals surface area contributed by atoms with Crippen molar-refractivity contribution in [2.45, 2.75) is 155 Å². The van der Waals surface area contributed by atoms with Crippen LogP contribution in [-0.2, 0) is 0 Å². The third kappa shape index (κ3) is 13.4. The molecule has 0 amide bonds. The van der Waals surface area contributed by atoms with Crippen LogP contribution in [0.25, 0.3) is 0 Å². The summed E-state index contributed by atoms with van der Waals surface area (Å²) in [5.74, 6) is 0. The van der Waals surface area contributed by atoms with E-state index in [-0.39, 0.29) is 0 Å².